The second-order valence-corrected chi connectivity index (χ2v) is 10.1. The molecule has 11 nitrogen and oxygen atoms in total. The number of carbonyl (C=O) groups excluding carboxylic acids is 2. The summed E-state index contributed by atoms with van der Waals surface area (Å²) in [5.41, 5.74) is 4.45. The van der Waals surface area contributed by atoms with E-state index in [9.17, 15) is 22.6 Å². The zero-order valence-electron chi connectivity index (χ0n) is 22.4. The van der Waals surface area contributed by atoms with Crippen LogP contribution >= 0.6 is 0 Å². The lowest BCUT2D eigenvalue weighted by Crippen LogP contribution is -2.34. The monoisotopic (exact) mass is 558 g/mol. The van der Waals surface area contributed by atoms with E-state index in [1.807, 2.05) is 7.05 Å². The highest BCUT2D eigenvalue weighted by Gasteiger charge is 2.13. The minimum absolute atomic E-state index is 0.0291. The fraction of sp³-hybridized carbons (Fsp3) is 0.407. The average molecular weight is 559 g/mol. The van der Waals surface area contributed by atoms with Crippen molar-refractivity contribution < 1.29 is 22.6 Å². The smallest absolute Gasteiger partial charge is 0.295 e. The molecule has 0 saturated heterocycles. The van der Waals surface area contributed by atoms with Gasteiger partial charge in [0.15, 0.2) is 0 Å². The van der Waals surface area contributed by atoms with E-state index in [0.29, 0.717) is 24.3 Å². The number of pyridine rings is 1. The van der Waals surface area contributed by atoms with Crippen molar-refractivity contribution in [3.63, 3.8) is 0 Å². The normalized spacial score (nSPS) is 11.8. The molecule has 2 aromatic rings. The van der Waals surface area contributed by atoms with E-state index in [1.54, 1.807) is 18.2 Å². The van der Waals surface area contributed by atoms with E-state index >= 15 is 0 Å². The van der Waals surface area contributed by atoms with Gasteiger partial charge in [-0.25, -0.2) is 4.98 Å². The van der Waals surface area contributed by atoms with Gasteiger partial charge in [-0.05, 0) is 43.9 Å². The van der Waals surface area contributed by atoms with Crippen LogP contribution in [0, 0.1) is 0 Å². The molecule has 39 heavy (non-hydrogen) atoms. The fourth-order valence-corrected chi connectivity index (χ4v) is 4.30. The van der Waals surface area contributed by atoms with E-state index in [2.05, 4.69) is 44.5 Å². The van der Waals surface area contributed by atoms with Crippen molar-refractivity contribution in [2.75, 3.05) is 25.6 Å². The summed E-state index contributed by atoms with van der Waals surface area (Å²) in [4.78, 5) is 28.2. The van der Waals surface area contributed by atoms with Gasteiger partial charge < -0.3 is 16.0 Å². The molecule has 0 saturated carbocycles. The van der Waals surface area contributed by atoms with E-state index in [1.165, 1.54) is 36.3 Å². The first-order valence-corrected chi connectivity index (χ1v) is 14.4. The first-order valence-electron chi connectivity index (χ1n) is 13.0. The predicted octanol–water partition coefficient (Wildman–Crippen LogP) is 3.47. The van der Waals surface area contributed by atoms with Crippen LogP contribution in [0.2, 0.25) is 0 Å². The second-order valence-electron chi connectivity index (χ2n) is 8.75. The second kappa shape index (κ2) is 16.9. The molecule has 5 N–H and O–H groups in total. The van der Waals surface area contributed by atoms with Gasteiger partial charge in [-0.1, -0.05) is 44.0 Å². The van der Waals surface area contributed by atoms with Crippen molar-refractivity contribution in [2.45, 2.75) is 56.8 Å². The van der Waals surface area contributed by atoms with Crippen molar-refractivity contribution in [2.24, 2.45) is 5.10 Å². The number of amides is 2. The van der Waals surface area contributed by atoms with Gasteiger partial charge in [0.2, 0.25) is 5.91 Å². The van der Waals surface area contributed by atoms with E-state index in [-0.39, 0.29) is 28.8 Å². The first-order chi connectivity index (χ1) is 18.7. The number of nitrogens with zero attached hydrogens (tertiary/aromatic N) is 2. The van der Waals surface area contributed by atoms with Gasteiger partial charge in [0.1, 0.15) is 10.7 Å². The average Bonchev–Trinajstić information content (AvgIpc) is 2.92. The number of allylic oxidation sites excluding steroid dienone is 2. The Morgan fingerprint density at radius 1 is 1.03 bits per heavy atom. The maximum atomic E-state index is 12.3. The Kier molecular flexibility index (Phi) is 13.7. The number of aromatic nitrogens is 1. The van der Waals surface area contributed by atoms with Gasteiger partial charge in [0, 0.05) is 44.0 Å². The molecule has 0 atom stereocenters. The molecule has 0 unspecified atom stereocenters. The Morgan fingerprint density at radius 3 is 2.49 bits per heavy atom. The number of hydrogen-bond donors (Lipinski definition) is 5. The lowest BCUT2D eigenvalue weighted by molar-refractivity contribution is -0.121. The minimum atomic E-state index is -4.38. The maximum absolute atomic E-state index is 12.3. The van der Waals surface area contributed by atoms with Crippen molar-refractivity contribution in [1.29, 1.82) is 0 Å². The summed E-state index contributed by atoms with van der Waals surface area (Å²) in [5.74, 6) is -0.0247. The molecular weight excluding hydrogens is 520 g/mol. The molecule has 212 valence electrons. The highest BCUT2D eigenvalue weighted by atomic mass is 32.2. The predicted molar refractivity (Wildman–Crippen MR) is 152 cm³/mol. The number of hydrogen-bond acceptors (Lipinski definition) is 8. The lowest BCUT2D eigenvalue weighted by Gasteiger charge is -2.08. The molecule has 1 heterocycles. The van der Waals surface area contributed by atoms with Crippen LogP contribution in [0.5, 0.6) is 0 Å². The Balaban J connectivity index is 1.65. The van der Waals surface area contributed by atoms with Crippen LogP contribution in [0.25, 0.3) is 0 Å². The molecule has 0 fully saturated rings. The summed E-state index contributed by atoms with van der Waals surface area (Å²) in [6.07, 6.45) is 11.4. The quantitative estimate of drug-likeness (QED) is 0.0853. The number of unbranched alkanes of at least 4 members (excludes halogenated alkanes) is 3. The van der Waals surface area contributed by atoms with Gasteiger partial charge in [-0.2, -0.15) is 13.5 Å². The molecule has 2 amide bonds. The SMILES string of the molecule is CCC/C(=C/CCCCCC(=O)NCCNC(=O)c1ccc(N/N=C\c2ccccc2S(=O)(=O)O)nc1)NC. The summed E-state index contributed by atoms with van der Waals surface area (Å²) in [6, 6.07) is 8.96. The number of rotatable bonds is 17. The van der Waals surface area contributed by atoms with Gasteiger partial charge in [-0.3, -0.25) is 19.6 Å². The van der Waals surface area contributed by atoms with Gasteiger partial charge in [-0.15, -0.1) is 0 Å². The summed E-state index contributed by atoms with van der Waals surface area (Å²) in [7, 11) is -2.43. The van der Waals surface area contributed by atoms with Crippen LogP contribution < -0.4 is 21.4 Å². The molecule has 1 aromatic heterocycles. The zero-order chi connectivity index (χ0) is 28.5. The Hall–Kier alpha value is -3.77. The van der Waals surface area contributed by atoms with Crippen molar-refractivity contribution in [1.82, 2.24) is 20.9 Å². The molecule has 0 spiro atoms. The molecule has 0 radical (unpaired) electrons. The third-order valence-corrected chi connectivity index (χ3v) is 6.60. The first kappa shape index (κ1) is 31.4. The van der Waals surface area contributed by atoms with Crippen molar-refractivity contribution in [3.05, 3.63) is 65.5 Å². The van der Waals surface area contributed by atoms with Crippen molar-refractivity contribution in [3.8, 4) is 0 Å². The third kappa shape index (κ3) is 12.1. The number of nitrogens with one attached hydrogen (secondary N) is 4. The maximum Gasteiger partial charge on any atom is 0.295 e. The molecular formula is C27H38N6O5S. The highest BCUT2D eigenvalue weighted by Crippen LogP contribution is 2.13. The van der Waals surface area contributed by atoms with Crippen LogP contribution in [0.4, 0.5) is 5.82 Å². The summed E-state index contributed by atoms with van der Waals surface area (Å²) >= 11 is 0. The number of anilines is 1. The van der Waals surface area contributed by atoms with Crippen LogP contribution in [0.15, 0.2) is 64.4 Å². The van der Waals surface area contributed by atoms with Gasteiger partial charge >= 0.3 is 0 Å². The summed E-state index contributed by atoms with van der Waals surface area (Å²) in [5, 5.41) is 12.7. The Labute approximate surface area is 230 Å². The van der Waals surface area contributed by atoms with Crippen LogP contribution in [-0.2, 0) is 14.9 Å². The van der Waals surface area contributed by atoms with Gasteiger partial charge in [0.05, 0.1) is 11.8 Å². The number of hydrazone groups is 1. The molecule has 2 rings (SSSR count). The molecule has 0 aliphatic rings. The molecule has 12 heteroatoms. The van der Waals surface area contributed by atoms with Gasteiger partial charge in [0.25, 0.3) is 16.0 Å². The Morgan fingerprint density at radius 2 is 1.79 bits per heavy atom. The van der Waals surface area contributed by atoms with Crippen LogP contribution in [0.3, 0.4) is 0 Å². The van der Waals surface area contributed by atoms with E-state index in [4.69, 9.17) is 0 Å². The largest absolute Gasteiger partial charge is 0.392 e. The molecule has 1 aromatic carbocycles. The van der Waals surface area contributed by atoms with E-state index < -0.39 is 10.1 Å². The molecule has 0 aliphatic carbocycles. The van der Waals surface area contributed by atoms with Crippen LogP contribution in [0.1, 0.15) is 67.8 Å². The molecule has 0 aliphatic heterocycles. The lowest BCUT2D eigenvalue weighted by atomic mass is 10.1. The summed E-state index contributed by atoms with van der Waals surface area (Å²) < 4.78 is 32.1. The highest BCUT2D eigenvalue weighted by molar-refractivity contribution is 7.86. The summed E-state index contributed by atoms with van der Waals surface area (Å²) in [6.45, 7) is 2.78. The number of benzene rings is 1. The third-order valence-electron chi connectivity index (χ3n) is 5.68. The number of carbonyl (C=O) groups is 2. The standard InChI is InChI=1S/C27H38N6O5S/c1-3-10-23(28-2)12-6-4-5-7-14-26(34)29-17-18-30-27(35)22-15-16-25(31-19-22)33-32-20-21-11-8-9-13-24(21)39(36,37)38/h8-9,11-13,15-16,19-20,28H,3-7,10,14,17-18H2,1-2H3,(H,29,34)(H,30,35)(H,31,33)(H,36,37,38)/b23-12-,32-20-. The van der Waals surface area contributed by atoms with Crippen LogP contribution in [-0.4, -0.2) is 56.1 Å². The van der Waals surface area contributed by atoms with Crippen molar-refractivity contribution >= 4 is 34.0 Å². The fourth-order valence-electron chi connectivity index (χ4n) is 3.63. The molecule has 0 bridgehead atoms. The van der Waals surface area contributed by atoms with E-state index in [0.717, 1.165) is 38.5 Å². The zero-order valence-corrected chi connectivity index (χ0v) is 23.3. The topological polar surface area (TPSA) is 162 Å². The Bertz CT molecular complexity index is 1230. The minimum Gasteiger partial charge on any atom is -0.392 e.